The van der Waals surface area contributed by atoms with Gasteiger partial charge in [-0.2, -0.15) is 0 Å². The Morgan fingerprint density at radius 1 is 0.656 bits per heavy atom. The van der Waals surface area contributed by atoms with Crippen LogP contribution in [0.25, 0.3) is 0 Å². The molecular formula is C29H57NO2. The smallest absolute Gasteiger partial charge is 0.306 e. The van der Waals surface area contributed by atoms with Crippen molar-refractivity contribution in [1.82, 2.24) is 0 Å². The number of carbonyl (C=O) groups excluding carboxylic acids is 1. The highest BCUT2D eigenvalue weighted by molar-refractivity contribution is 5.69. The van der Waals surface area contributed by atoms with Crippen molar-refractivity contribution in [3.8, 4) is 0 Å². The Morgan fingerprint density at radius 3 is 1.62 bits per heavy atom. The lowest BCUT2D eigenvalue weighted by atomic mass is 10.0. The molecule has 0 saturated carbocycles. The van der Waals surface area contributed by atoms with Gasteiger partial charge in [-0.15, -0.1) is 0 Å². The monoisotopic (exact) mass is 451 g/mol. The maximum Gasteiger partial charge on any atom is 0.306 e. The third-order valence-corrected chi connectivity index (χ3v) is 6.33. The zero-order valence-corrected chi connectivity index (χ0v) is 21.9. The van der Waals surface area contributed by atoms with Crippen molar-refractivity contribution in [2.45, 2.75) is 161 Å². The van der Waals surface area contributed by atoms with Crippen LogP contribution in [0.15, 0.2) is 12.2 Å². The van der Waals surface area contributed by atoms with Crippen LogP contribution in [0.2, 0.25) is 0 Å². The molecule has 190 valence electrons. The Balaban J connectivity index is 3.48. The molecule has 0 fully saturated rings. The van der Waals surface area contributed by atoms with Crippen LogP contribution in [0.4, 0.5) is 0 Å². The van der Waals surface area contributed by atoms with E-state index in [1.807, 2.05) is 0 Å². The lowest BCUT2D eigenvalue weighted by Crippen LogP contribution is -2.26. The van der Waals surface area contributed by atoms with Gasteiger partial charge in [-0.3, -0.25) is 4.79 Å². The summed E-state index contributed by atoms with van der Waals surface area (Å²) in [4.78, 5) is 12.1. The SMILES string of the molecule is CCCCCC/C=C\CCCCCCCC(=O)OC(CN)CCCCCCCCCCC. The minimum Gasteiger partial charge on any atom is -0.461 e. The number of esters is 1. The van der Waals surface area contributed by atoms with Gasteiger partial charge in [0.1, 0.15) is 6.10 Å². The van der Waals surface area contributed by atoms with Crippen molar-refractivity contribution in [1.29, 1.82) is 0 Å². The van der Waals surface area contributed by atoms with E-state index in [4.69, 9.17) is 10.5 Å². The van der Waals surface area contributed by atoms with E-state index in [0.29, 0.717) is 13.0 Å². The zero-order chi connectivity index (χ0) is 23.5. The number of allylic oxidation sites excluding steroid dienone is 2. The quantitative estimate of drug-likeness (QED) is 0.0855. The van der Waals surface area contributed by atoms with E-state index in [1.165, 1.54) is 109 Å². The number of carbonyl (C=O) groups is 1. The number of ether oxygens (including phenoxy) is 1. The fourth-order valence-electron chi connectivity index (χ4n) is 4.14. The molecule has 0 rings (SSSR count). The summed E-state index contributed by atoms with van der Waals surface area (Å²) < 4.78 is 5.61. The van der Waals surface area contributed by atoms with E-state index < -0.39 is 0 Å². The second-order valence-electron chi connectivity index (χ2n) is 9.59. The van der Waals surface area contributed by atoms with E-state index >= 15 is 0 Å². The lowest BCUT2D eigenvalue weighted by Gasteiger charge is -2.16. The standard InChI is InChI=1S/C29H57NO2/c1-3-5-7-9-11-13-14-15-16-18-20-22-24-26-29(31)32-28(27-30)25-23-21-19-17-12-10-8-6-4-2/h13-14,28H,3-12,15-27,30H2,1-2H3/b14-13-. The molecule has 0 spiro atoms. The Bertz CT molecular complexity index is 408. The average molecular weight is 452 g/mol. The first-order chi connectivity index (χ1) is 15.7. The predicted octanol–water partition coefficient (Wildman–Crippen LogP) is 9.04. The number of rotatable bonds is 25. The summed E-state index contributed by atoms with van der Waals surface area (Å²) in [6.07, 6.45) is 31.6. The van der Waals surface area contributed by atoms with Crippen molar-refractivity contribution in [3.63, 3.8) is 0 Å². The van der Waals surface area contributed by atoms with Gasteiger partial charge in [0, 0.05) is 13.0 Å². The molecule has 2 N–H and O–H groups in total. The van der Waals surface area contributed by atoms with Crippen LogP contribution in [-0.2, 0) is 9.53 Å². The van der Waals surface area contributed by atoms with E-state index in [2.05, 4.69) is 26.0 Å². The van der Waals surface area contributed by atoms with Crippen LogP contribution >= 0.6 is 0 Å². The number of nitrogens with two attached hydrogens (primary N) is 1. The fourth-order valence-corrected chi connectivity index (χ4v) is 4.14. The molecule has 3 heteroatoms. The fraction of sp³-hybridized carbons (Fsp3) is 0.897. The molecule has 1 atom stereocenters. The summed E-state index contributed by atoms with van der Waals surface area (Å²) in [5, 5.41) is 0. The molecule has 0 radical (unpaired) electrons. The third kappa shape index (κ3) is 23.8. The molecular weight excluding hydrogens is 394 g/mol. The van der Waals surface area contributed by atoms with Crippen molar-refractivity contribution >= 4 is 5.97 Å². The molecule has 0 aliphatic heterocycles. The first-order valence-corrected chi connectivity index (χ1v) is 14.3. The first-order valence-electron chi connectivity index (χ1n) is 14.3. The Morgan fingerprint density at radius 2 is 1.09 bits per heavy atom. The lowest BCUT2D eigenvalue weighted by molar-refractivity contribution is -0.149. The molecule has 32 heavy (non-hydrogen) atoms. The Labute approximate surface area is 201 Å². The summed E-state index contributed by atoms with van der Waals surface area (Å²) >= 11 is 0. The maximum absolute atomic E-state index is 12.1. The van der Waals surface area contributed by atoms with Crippen molar-refractivity contribution in [3.05, 3.63) is 12.2 Å². The van der Waals surface area contributed by atoms with Gasteiger partial charge in [-0.25, -0.2) is 0 Å². The van der Waals surface area contributed by atoms with Crippen LogP contribution in [0, 0.1) is 0 Å². The second kappa shape index (κ2) is 26.4. The highest BCUT2D eigenvalue weighted by Crippen LogP contribution is 2.14. The van der Waals surface area contributed by atoms with Crippen LogP contribution in [0.5, 0.6) is 0 Å². The first kappa shape index (κ1) is 31.2. The maximum atomic E-state index is 12.1. The molecule has 0 aromatic heterocycles. The van der Waals surface area contributed by atoms with Gasteiger partial charge in [0.25, 0.3) is 0 Å². The van der Waals surface area contributed by atoms with Crippen LogP contribution in [-0.4, -0.2) is 18.6 Å². The summed E-state index contributed by atoms with van der Waals surface area (Å²) in [5.74, 6) is -0.0534. The van der Waals surface area contributed by atoms with E-state index in [9.17, 15) is 4.79 Å². The van der Waals surface area contributed by atoms with Gasteiger partial charge in [0.2, 0.25) is 0 Å². The van der Waals surface area contributed by atoms with Crippen LogP contribution in [0.1, 0.15) is 155 Å². The van der Waals surface area contributed by atoms with E-state index in [-0.39, 0.29) is 12.1 Å². The van der Waals surface area contributed by atoms with Crippen molar-refractivity contribution < 1.29 is 9.53 Å². The molecule has 0 amide bonds. The highest BCUT2D eigenvalue weighted by atomic mass is 16.5. The van der Waals surface area contributed by atoms with Gasteiger partial charge in [0.05, 0.1) is 0 Å². The third-order valence-electron chi connectivity index (χ3n) is 6.33. The second-order valence-corrected chi connectivity index (χ2v) is 9.59. The molecule has 0 aromatic carbocycles. The summed E-state index contributed by atoms with van der Waals surface area (Å²) in [7, 11) is 0. The summed E-state index contributed by atoms with van der Waals surface area (Å²) in [5.41, 5.74) is 5.82. The Kier molecular flexibility index (Phi) is 25.7. The molecule has 3 nitrogen and oxygen atoms in total. The van der Waals surface area contributed by atoms with Crippen LogP contribution in [0.3, 0.4) is 0 Å². The Hall–Kier alpha value is -0.830. The molecule has 0 aliphatic carbocycles. The number of hydrogen-bond acceptors (Lipinski definition) is 3. The molecule has 0 bridgehead atoms. The summed E-state index contributed by atoms with van der Waals surface area (Å²) in [6, 6.07) is 0. The van der Waals surface area contributed by atoms with Crippen LogP contribution < -0.4 is 5.73 Å². The van der Waals surface area contributed by atoms with Gasteiger partial charge in [0.15, 0.2) is 0 Å². The largest absolute Gasteiger partial charge is 0.461 e. The normalized spacial score (nSPS) is 12.5. The minimum absolute atomic E-state index is 0.0534. The molecule has 0 aromatic rings. The van der Waals surface area contributed by atoms with Gasteiger partial charge < -0.3 is 10.5 Å². The summed E-state index contributed by atoms with van der Waals surface area (Å²) in [6.45, 7) is 4.97. The van der Waals surface area contributed by atoms with Crippen molar-refractivity contribution in [2.75, 3.05) is 6.54 Å². The average Bonchev–Trinajstić information content (AvgIpc) is 2.80. The topological polar surface area (TPSA) is 52.3 Å². The number of unbranched alkanes of at least 4 members (excludes halogenated alkanes) is 17. The number of hydrogen-bond donors (Lipinski definition) is 1. The van der Waals surface area contributed by atoms with E-state index in [0.717, 1.165) is 25.7 Å². The molecule has 1 unspecified atom stereocenters. The highest BCUT2D eigenvalue weighted by Gasteiger charge is 2.12. The van der Waals surface area contributed by atoms with Crippen molar-refractivity contribution in [2.24, 2.45) is 5.73 Å². The van der Waals surface area contributed by atoms with E-state index in [1.54, 1.807) is 0 Å². The van der Waals surface area contributed by atoms with Gasteiger partial charge >= 0.3 is 5.97 Å². The zero-order valence-electron chi connectivity index (χ0n) is 21.9. The van der Waals surface area contributed by atoms with Gasteiger partial charge in [-0.1, -0.05) is 116 Å². The molecule has 0 aliphatic rings. The molecule has 0 heterocycles. The molecule has 0 saturated heterocycles. The van der Waals surface area contributed by atoms with Gasteiger partial charge in [-0.05, 0) is 44.9 Å². The predicted molar refractivity (Wildman–Crippen MR) is 141 cm³/mol. The minimum atomic E-state index is -0.0826.